The van der Waals surface area contributed by atoms with Crippen LogP contribution in [0.2, 0.25) is 0 Å². The van der Waals surface area contributed by atoms with Crippen LogP contribution in [0.3, 0.4) is 0 Å². The predicted molar refractivity (Wildman–Crippen MR) is 84.7 cm³/mol. The van der Waals surface area contributed by atoms with Crippen molar-refractivity contribution in [2.24, 2.45) is 0 Å². The minimum absolute atomic E-state index is 0.104. The molecule has 0 aliphatic rings. The molecule has 0 bridgehead atoms. The number of H-pyrrole nitrogens is 1. The number of carboxylic acid groups (broad SMARTS) is 1. The smallest absolute Gasteiger partial charge is 0.335 e. The lowest BCUT2D eigenvalue weighted by Gasteiger charge is -2.23. The van der Waals surface area contributed by atoms with Gasteiger partial charge in [-0.2, -0.15) is 0 Å². The highest BCUT2D eigenvalue weighted by molar-refractivity contribution is 5.95. The van der Waals surface area contributed by atoms with Crippen molar-refractivity contribution in [2.45, 2.75) is 13.3 Å². The molecule has 0 unspecified atom stereocenters. The molecule has 122 valence electrons. The fourth-order valence-electron chi connectivity index (χ4n) is 2.26. The SMILES string of the molecule is CCC(=O)N(c1ccc(C(=O)O)cc1)n1cnc2c(=O)[nH]cnc21. The van der Waals surface area contributed by atoms with Gasteiger partial charge in [0.1, 0.15) is 6.33 Å². The van der Waals surface area contributed by atoms with Crippen LogP contribution in [0.4, 0.5) is 5.69 Å². The quantitative estimate of drug-likeness (QED) is 0.738. The summed E-state index contributed by atoms with van der Waals surface area (Å²) in [4.78, 5) is 45.6. The predicted octanol–water partition coefficient (Wildman–Crippen LogP) is 1.02. The van der Waals surface area contributed by atoms with Crippen LogP contribution >= 0.6 is 0 Å². The molecule has 0 saturated heterocycles. The van der Waals surface area contributed by atoms with Crippen LogP contribution in [0.25, 0.3) is 11.2 Å². The number of hydrogen-bond donors (Lipinski definition) is 2. The normalized spacial score (nSPS) is 10.7. The van der Waals surface area contributed by atoms with E-state index in [1.807, 2.05) is 0 Å². The van der Waals surface area contributed by atoms with Crippen LogP contribution in [0.1, 0.15) is 23.7 Å². The number of aromatic amines is 1. The number of aromatic carboxylic acids is 1. The first-order valence-corrected chi connectivity index (χ1v) is 7.10. The van der Waals surface area contributed by atoms with Crippen LogP contribution in [0.15, 0.2) is 41.7 Å². The summed E-state index contributed by atoms with van der Waals surface area (Å²) in [5.74, 6) is -1.32. The second-order valence-electron chi connectivity index (χ2n) is 4.90. The Morgan fingerprint density at radius 2 is 1.96 bits per heavy atom. The molecule has 9 nitrogen and oxygen atoms in total. The van der Waals surface area contributed by atoms with Gasteiger partial charge in [0.05, 0.1) is 17.6 Å². The largest absolute Gasteiger partial charge is 0.478 e. The molecule has 0 atom stereocenters. The first-order chi connectivity index (χ1) is 11.5. The molecule has 1 amide bonds. The minimum atomic E-state index is -1.06. The van der Waals surface area contributed by atoms with Gasteiger partial charge in [-0.05, 0) is 24.3 Å². The van der Waals surface area contributed by atoms with E-state index in [1.165, 1.54) is 46.6 Å². The van der Waals surface area contributed by atoms with Crippen LogP contribution in [0.5, 0.6) is 0 Å². The first-order valence-electron chi connectivity index (χ1n) is 7.10. The zero-order valence-electron chi connectivity index (χ0n) is 12.6. The average Bonchev–Trinajstić information content (AvgIpc) is 3.01. The molecule has 0 spiro atoms. The van der Waals surface area contributed by atoms with Gasteiger partial charge in [-0.15, -0.1) is 0 Å². The number of benzene rings is 1. The van der Waals surface area contributed by atoms with Crippen LogP contribution in [-0.2, 0) is 4.79 Å². The average molecular weight is 327 g/mol. The maximum Gasteiger partial charge on any atom is 0.335 e. The summed E-state index contributed by atoms with van der Waals surface area (Å²) in [5.41, 5.74) is 0.459. The van der Waals surface area contributed by atoms with Gasteiger partial charge in [0, 0.05) is 6.42 Å². The molecule has 24 heavy (non-hydrogen) atoms. The van der Waals surface area contributed by atoms with Crippen LogP contribution < -0.4 is 10.6 Å². The first kappa shape index (κ1) is 15.4. The maximum absolute atomic E-state index is 12.4. The fourth-order valence-corrected chi connectivity index (χ4v) is 2.26. The summed E-state index contributed by atoms with van der Waals surface area (Å²) in [6, 6.07) is 5.81. The Bertz CT molecular complexity index is 973. The van der Waals surface area contributed by atoms with Gasteiger partial charge >= 0.3 is 5.97 Å². The standard InChI is InChI=1S/C15H13N5O4/c1-2-11(21)20(10-5-3-9(4-6-10)15(23)24)19-8-18-12-13(19)16-7-17-14(12)22/h3-8H,2H2,1H3,(H,23,24)(H,16,17,22). The molecule has 0 fully saturated rings. The Morgan fingerprint density at radius 1 is 1.25 bits per heavy atom. The lowest BCUT2D eigenvalue weighted by molar-refractivity contribution is -0.118. The second-order valence-corrected chi connectivity index (χ2v) is 4.90. The third-order valence-electron chi connectivity index (χ3n) is 3.44. The number of fused-ring (bicyclic) bond motifs is 1. The summed E-state index contributed by atoms with van der Waals surface area (Å²) in [7, 11) is 0. The van der Waals surface area contributed by atoms with E-state index in [0.29, 0.717) is 5.69 Å². The number of aromatic nitrogens is 4. The molecular formula is C15H13N5O4. The van der Waals surface area contributed by atoms with Gasteiger partial charge < -0.3 is 10.1 Å². The molecule has 0 aliphatic carbocycles. The number of carboxylic acids is 1. The van der Waals surface area contributed by atoms with E-state index in [0.717, 1.165) is 0 Å². The van der Waals surface area contributed by atoms with Crippen molar-refractivity contribution in [1.29, 1.82) is 0 Å². The summed E-state index contributed by atoms with van der Waals surface area (Å²) < 4.78 is 1.37. The Labute approximate surface area is 135 Å². The number of carbonyl (C=O) groups excluding carboxylic acids is 1. The Balaban J connectivity index is 2.16. The lowest BCUT2D eigenvalue weighted by Crippen LogP contribution is -2.35. The maximum atomic E-state index is 12.4. The third-order valence-corrected chi connectivity index (χ3v) is 3.44. The number of amides is 1. The van der Waals surface area contributed by atoms with Crippen molar-refractivity contribution in [3.63, 3.8) is 0 Å². The van der Waals surface area contributed by atoms with E-state index in [4.69, 9.17) is 5.11 Å². The summed E-state index contributed by atoms with van der Waals surface area (Å²) in [5, 5.41) is 10.3. The molecule has 3 aromatic rings. The van der Waals surface area contributed by atoms with Gasteiger partial charge in [0.25, 0.3) is 5.56 Å². The Hall–Kier alpha value is -3.49. The van der Waals surface area contributed by atoms with E-state index >= 15 is 0 Å². The number of imidazole rings is 1. The fraction of sp³-hybridized carbons (Fsp3) is 0.133. The molecule has 2 aromatic heterocycles. The Morgan fingerprint density at radius 3 is 2.58 bits per heavy atom. The topological polar surface area (TPSA) is 121 Å². The van der Waals surface area contributed by atoms with E-state index in [2.05, 4.69) is 15.0 Å². The van der Waals surface area contributed by atoms with E-state index in [1.54, 1.807) is 6.92 Å². The van der Waals surface area contributed by atoms with Crippen molar-refractivity contribution >= 4 is 28.7 Å². The van der Waals surface area contributed by atoms with Gasteiger partial charge in [0.2, 0.25) is 5.91 Å². The molecule has 2 heterocycles. The molecule has 2 N–H and O–H groups in total. The zero-order valence-corrected chi connectivity index (χ0v) is 12.6. The molecular weight excluding hydrogens is 314 g/mol. The second kappa shape index (κ2) is 5.95. The molecule has 3 rings (SSSR count). The third kappa shape index (κ3) is 2.51. The number of rotatable bonds is 4. The number of anilines is 1. The number of hydrogen-bond acceptors (Lipinski definition) is 5. The molecule has 0 radical (unpaired) electrons. The van der Waals surface area contributed by atoms with Crippen molar-refractivity contribution in [1.82, 2.24) is 19.6 Å². The highest BCUT2D eigenvalue weighted by Gasteiger charge is 2.20. The minimum Gasteiger partial charge on any atom is -0.478 e. The van der Waals surface area contributed by atoms with Crippen molar-refractivity contribution in [3.8, 4) is 0 Å². The van der Waals surface area contributed by atoms with Gasteiger partial charge in [-0.3, -0.25) is 9.59 Å². The number of nitrogens with one attached hydrogen (secondary N) is 1. The zero-order chi connectivity index (χ0) is 17.3. The lowest BCUT2D eigenvalue weighted by atomic mass is 10.2. The number of nitrogens with zero attached hydrogens (tertiary/aromatic N) is 4. The van der Waals surface area contributed by atoms with E-state index in [-0.39, 0.29) is 29.1 Å². The monoisotopic (exact) mass is 327 g/mol. The van der Waals surface area contributed by atoms with Gasteiger partial charge in [-0.25, -0.2) is 24.4 Å². The summed E-state index contributed by atoms with van der Waals surface area (Å²) >= 11 is 0. The molecule has 9 heteroatoms. The molecule has 1 aromatic carbocycles. The Kier molecular flexibility index (Phi) is 3.82. The summed E-state index contributed by atoms with van der Waals surface area (Å²) in [6.07, 6.45) is 2.75. The van der Waals surface area contributed by atoms with Crippen molar-refractivity contribution in [3.05, 3.63) is 52.8 Å². The molecule has 0 aliphatic heterocycles. The summed E-state index contributed by atoms with van der Waals surface area (Å²) in [6.45, 7) is 1.69. The van der Waals surface area contributed by atoms with Gasteiger partial charge in [-0.1, -0.05) is 6.92 Å². The van der Waals surface area contributed by atoms with Crippen molar-refractivity contribution in [2.75, 3.05) is 5.01 Å². The highest BCUT2D eigenvalue weighted by Crippen LogP contribution is 2.20. The van der Waals surface area contributed by atoms with Crippen LogP contribution in [0, 0.1) is 0 Å². The number of carbonyl (C=O) groups is 2. The van der Waals surface area contributed by atoms with Gasteiger partial charge in [0.15, 0.2) is 11.2 Å². The van der Waals surface area contributed by atoms with Crippen LogP contribution in [-0.4, -0.2) is 36.6 Å². The van der Waals surface area contributed by atoms with Crippen molar-refractivity contribution < 1.29 is 14.7 Å². The van der Waals surface area contributed by atoms with E-state index in [9.17, 15) is 14.4 Å². The highest BCUT2D eigenvalue weighted by atomic mass is 16.4. The van der Waals surface area contributed by atoms with E-state index < -0.39 is 11.5 Å². The molecule has 0 saturated carbocycles.